The number of carbonyl (C=O) groups excluding carboxylic acids is 1. The number of hydrogen-bond acceptors (Lipinski definition) is 7. The van der Waals surface area contributed by atoms with Crippen LogP contribution in [-0.2, 0) is 0 Å². The number of benzene rings is 1. The average Bonchev–Trinajstić information content (AvgIpc) is 2.84. The zero-order valence-electron chi connectivity index (χ0n) is 19.5. The predicted molar refractivity (Wildman–Crippen MR) is 124 cm³/mol. The highest BCUT2D eigenvalue weighted by molar-refractivity contribution is 6.07. The van der Waals surface area contributed by atoms with E-state index >= 15 is 0 Å². The molecule has 2 aliphatic rings. The van der Waals surface area contributed by atoms with Crippen molar-refractivity contribution >= 4 is 22.5 Å². The Hall–Kier alpha value is -2.87. The molecule has 182 valence electrons. The molecule has 1 aromatic carbocycles. The monoisotopic (exact) mass is 472 g/mol. The molecule has 3 heterocycles. The molecule has 10 heteroatoms. The highest BCUT2D eigenvalue weighted by Gasteiger charge is 2.34. The fourth-order valence-corrected chi connectivity index (χ4v) is 4.70. The molecule has 34 heavy (non-hydrogen) atoms. The van der Waals surface area contributed by atoms with Crippen LogP contribution >= 0.6 is 0 Å². The van der Waals surface area contributed by atoms with Crippen LogP contribution in [0.5, 0.6) is 0 Å². The highest BCUT2D eigenvalue weighted by atomic mass is 19.1. The zero-order chi connectivity index (χ0) is 24.5. The first kappa shape index (κ1) is 24.3. The molecule has 0 bridgehead atoms. The van der Waals surface area contributed by atoms with Gasteiger partial charge in [-0.2, -0.15) is 5.26 Å². The van der Waals surface area contributed by atoms with Gasteiger partial charge in [0.1, 0.15) is 11.3 Å². The maximum Gasteiger partial charge on any atom is 0.257 e. The third-order valence-electron chi connectivity index (χ3n) is 6.88. The lowest BCUT2D eigenvalue weighted by Gasteiger charge is -2.39. The van der Waals surface area contributed by atoms with Crippen LogP contribution in [0, 0.1) is 28.4 Å². The number of aliphatic hydroxyl groups excluding tert-OH is 1. The molecule has 2 saturated heterocycles. The van der Waals surface area contributed by atoms with Crippen molar-refractivity contribution in [2.45, 2.75) is 33.0 Å². The van der Waals surface area contributed by atoms with Crippen molar-refractivity contribution in [2.75, 3.05) is 50.7 Å². The van der Waals surface area contributed by atoms with Crippen LogP contribution in [0.1, 0.15) is 37.0 Å². The Kier molecular flexibility index (Phi) is 6.98. The number of pyridine rings is 1. The maximum absolute atomic E-state index is 14.5. The van der Waals surface area contributed by atoms with E-state index in [1.54, 1.807) is 4.90 Å². The molecule has 2 aliphatic heterocycles. The van der Waals surface area contributed by atoms with Crippen LogP contribution in [0.3, 0.4) is 0 Å². The van der Waals surface area contributed by atoms with Gasteiger partial charge in [0.2, 0.25) is 0 Å². The minimum Gasteiger partial charge on any atom is -0.370 e. The maximum atomic E-state index is 14.5. The van der Waals surface area contributed by atoms with Crippen molar-refractivity contribution in [3.8, 4) is 6.07 Å². The number of aliphatic hydroxyl groups is 1. The van der Waals surface area contributed by atoms with Gasteiger partial charge in [-0.25, -0.2) is 8.78 Å². The van der Waals surface area contributed by atoms with E-state index in [-0.39, 0.29) is 16.8 Å². The Bertz CT molecular complexity index is 1100. The van der Waals surface area contributed by atoms with Gasteiger partial charge in [0, 0.05) is 56.9 Å². The van der Waals surface area contributed by atoms with Gasteiger partial charge in [-0.3, -0.25) is 20.0 Å². The van der Waals surface area contributed by atoms with E-state index in [1.807, 2.05) is 23.6 Å². The van der Waals surface area contributed by atoms with Crippen LogP contribution in [-0.4, -0.2) is 78.0 Å². The Morgan fingerprint density at radius 3 is 2.53 bits per heavy atom. The average molecular weight is 473 g/mol. The number of nitrogens with one attached hydrogen (secondary N) is 1. The summed E-state index contributed by atoms with van der Waals surface area (Å²) in [6, 6.07) is 4.37. The number of hydrogen-bond donors (Lipinski definition) is 2. The van der Waals surface area contributed by atoms with Crippen LogP contribution in [0.15, 0.2) is 18.3 Å². The summed E-state index contributed by atoms with van der Waals surface area (Å²) in [5, 5.41) is 22.9. The van der Waals surface area contributed by atoms with Crippen molar-refractivity contribution < 1.29 is 18.7 Å². The van der Waals surface area contributed by atoms with Gasteiger partial charge in [-0.15, -0.1) is 0 Å². The lowest BCUT2D eigenvalue weighted by Crippen LogP contribution is -2.55. The number of rotatable bonds is 5. The predicted octanol–water partition coefficient (Wildman–Crippen LogP) is 2.29. The number of nitriles is 1. The molecule has 2 N–H and O–H groups in total. The number of amides is 1. The molecule has 1 atom stereocenters. The number of nitrogens with zero attached hydrogens (tertiary/aromatic N) is 5. The summed E-state index contributed by atoms with van der Waals surface area (Å²) in [5.74, 6) is -1.78. The first-order chi connectivity index (χ1) is 16.3. The second kappa shape index (κ2) is 9.78. The van der Waals surface area contributed by atoms with E-state index in [0.717, 1.165) is 6.07 Å². The molecule has 2 aromatic rings. The molecule has 8 nitrogen and oxygen atoms in total. The molecule has 2 fully saturated rings. The summed E-state index contributed by atoms with van der Waals surface area (Å²) < 4.78 is 28.8. The molecule has 1 aromatic heterocycles. The topological polar surface area (TPSA) is 95.7 Å². The number of halogens is 2. The van der Waals surface area contributed by atoms with E-state index in [4.69, 9.17) is 0 Å². The molecule has 0 aliphatic carbocycles. The van der Waals surface area contributed by atoms with Gasteiger partial charge in [0.05, 0.1) is 22.7 Å². The summed E-state index contributed by atoms with van der Waals surface area (Å²) in [7, 11) is 0. The largest absolute Gasteiger partial charge is 0.370 e. The Labute approximate surface area is 197 Å². The highest BCUT2D eigenvalue weighted by Crippen LogP contribution is 2.38. The molecule has 4 rings (SSSR count). The molecule has 1 amide bonds. The first-order valence-corrected chi connectivity index (χ1v) is 11.6. The molecule has 0 saturated carbocycles. The number of carbonyl (C=O) groups is 1. The van der Waals surface area contributed by atoms with Crippen molar-refractivity contribution in [2.24, 2.45) is 5.41 Å². The number of piperidine rings is 1. The van der Waals surface area contributed by atoms with Crippen molar-refractivity contribution in [3.05, 3.63) is 35.5 Å². The Morgan fingerprint density at radius 1 is 1.24 bits per heavy atom. The van der Waals surface area contributed by atoms with E-state index in [0.29, 0.717) is 69.9 Å². The summed E-state index contributed by atoms with van der Waals surface area (Å²) in [5.41, 5.74) is 0.298. The number of piperazine rings is 1. The Morgan fingerprint density at radius 2 is 1.91 bits per heavy atom. The Balaban J connectivity index is 1.67. The van der Waals surface area contributed by atoms with Crippen LogP contribution < -0.4 is 10.2 Å². The van der Waals surface area contributed by atoms with Gasteiger partial charge in [0.15, 0.2) is 12.2 Å². The van der Waals surface area contributed by atoms with Crippen LogP contribution in [0.2, 0.25) is 0 Å². The van der Waals surface area contributed by atoms with Gasteiger partial charge < -0.3 is 14.9 Å². The smallest absolute Gasteiger partial charge is 0.257 e. The molecular weight excluding hydrogens is 442 g/mol. The normalized spacial score (nSPS) is 19.8. The third-order valence-corrected chi connectivity index (χ3v) is 6.88. The summed E-state index contributed by atoms with van der Waals surface area (Å²) in [6.07, 6.45) is 1.77. The summed E-state index contributed by atoms with van der Waals surface area (Å²) in [4.78, 5) is 23.2. The second-order valence-corrected chi connectivity index (χ2v) is 9.22. The van der Waals surface area contributed by atoms with E-state index < -0.39 is 23.4 Å². The standard InChI is InChI=1S/C24H30F2N6O2/c1-3-28-23(34)32-10-8-31(9-11-32)22(33)18-14-29-20-17(12-16(25)13-19(20)26)21(18)30-6-4-24(2,15-27)5-7-30/h12-14,23,28,34H,3-11H2,1-2H3. The molecule has 0 radical (unpaired) electrons. The second-order valence-electron chi connectivity index (χ2n) is 9.22. The number of aromatic nitrogens is 1. The fraction of sp³-hybridized carbons (Fsp3) is 0.542. The molecule has 0 spiro atoms. The fourth-order valence-electron chi connectivity index (χ4n) is 4.70. The van der Waals surface area contributed by atoms with E-state index in [2.05, 4.69) is 16.4 Å². The minimum absolute atomic E-state index is 0.0140. The van der Waals surface area contributed by atoms with Crippen molar-refractivity contribution in [3.63, 3.8) is 0 Å². The van der Waals surface area contributed by atoms with Crippen molar-refractivity contribution in [1.82, 2.24) is 20.1 Å². The summed E-state index contributed by atoms with van der Waals surface area (Å²) in [6.45, 7) is 7.21. The quantitative estimate of drug-likeness (QED) is 0.645. The lowest BCUT2D eigenvalue weighted by molar-refractivity contribution is -0.0417. The van der Waals surface area contributed by atoms with Gasteiger partial charge >= 0.3 is 0 Å². The van der Waals surface area contributed by atoms with Gasteiger partial charge in [-0.1, -0.05) is 6.92 Å². The van der Waals surface area contributed by atoms with Crippen LogP contribution in [0.4, 0.5) is 14.5 Å². The van der Waals surface area contributed by atoms with E-state index in [1.165, 1.54) is 12.3 Å². The summed E-state index contributed by atoms with van der Waals surface area (Å²) >= 11 is 0. The zero-order valence-corrected chi connectivity index (χ0v) is 19.5. The van der Waals surface area contributed by atoms with Crippen LogP contribution in [0.25, 0.3) is 10.9 Å². The molecular formula is C24H30F2N6O2. The van der Waals surface area contributed by atoms with E-state index in [9.17, 15) is 23.9 Å². The lowest BCUT2D eigenvalue weighted by atomic mass is 9.81. The molecule has 1 unspecified atom stereocenters. The van der Waals surface area contributed by atoms with Gasteiger partial charge in [0.25, 0.3) is 5.91 Å². The number of anilines is 1. The number of fused-ring (bicyclic) bond motifs is 1. The van der Waals surface area contributed by atoms with Gasteiger partial charge in [-0.05, 0) is 32.4 Å². The third kappa shape index (κ3) is 4.69. The first-order valence-electron chi connectivity index (χ1n) is 11.6. The van der Waals surface area contributed by atoms with Crippen molar-refractivity contribution in [1.29, 1.82) is 5.26 Å². The SMILES string of the molecule is CCNC(O)N1CCN(C(=O)c2cnc3c(F)cc(F)cc3c2N2CCC(C)(C#N)CC2)CC1. The minimum atomic E-state index is -0.778.